The van der Waals surface area contributed by atoms with Crippen LogP contribution in [0.5, 0.6) is 0 Å². The molecule has 0 fully saturated rings. The fraction of sp³-hybridized carbons (Fsp3) is 0.375. The van der Waals surface area contributed by atoms with Gasteiger partial charge in [0.15, 0.2) is 5.82 Å². The fourth-order valence-corrected chi connectivity index (χ4v) is 2.90. The number of ether oxygens (including phenoxy) is 1. The molecule has 0 radical (unpaired) electrons. The van der Waals surface area contributed by atoms with E-state index in [9.17, 15) is 0 Å². The molecule has 3 rings (SSSR count). The summed E-state index contributed by atoms with van der Waals surface area (Å²) in [6.07, 6.45) is 2.05. The Morgan fingerprint density at radius 3 is 2.43 bits per heavy atom. The molecule has 4 nitrogen and oxygen atoms in total. The number of halogens is 1. The average Bonchev–Trinajstić information content (AvgIpc) is 2.69. The van der Waals surface area contributed by atoms with Crippen LogP contribution in [0.3, 0.4) is 0 Å². The van der Waals surface area contributed by atoms with Crippen molar-refractivity contribution in [3.8, 4) is 0 Å². The van der Waals surface area contributed by atoms with Gasteiger partial charge in [0, 0.05) is 26.3 Å². The molecule has 0 saturated heterocycles. The van der Waals surface area contributed by atoms with Crippen LogP contribution in [0.25, 0.3) is 0 Å². The maximum atomic E-state index is 6.10. The summed E-state index contributed by atoms with van der Waals surface area (Å²) in [5, 5.41) is 0.466. The van der Waals surface area contributed by atoms with Gasteiger partial charge in [-0.2, -0.15) is 0 Å². The molecule has 0 aliphatic carbocycles. The zero-order valence-corrected chi connectivity index (χ0v) is 12.8. The van der Waals surface area contributed by atoms with Gasteiger partial charge in [0.2, 0.25) is 0 Å². The summed E-state index contributed by atoms with van der Waals surface area (Å²) in [6, 6.07) is 10.5. The molecular formula is C16H18ClN3O. The first kappa shape index (κ1) is 14.3. The molecule has 5 heteroatoms. The van der Waals surface area contributed by atoms with E-state index in [4.69, 9.17) is 16.3 Å². The Labute approximate surface area is 129 Å². The van der Waals surface area contributed by atoms with Crippen molar-refractivity contribution in [1.29, 1.82) is 0 Å². The van der Waals surface area contributed by atoms with Crippen molar-refractivity contribution in [2.75, 3.05) is 25.1 Å². The highest BCUT2D eigenvalue weighted by molar-refractivity contribution is 6.29. The first-order valence-electron chi connectivity index (χ1n) is 7.10. The maximum Gasteiger partial charge on any atom is 0.158 e. The number of hydrogen-bond acceptors (Lipinski definition) is 4. The van der Waals surface area contributed by atoms with Crippen LogP contribution >= 0.6 is 11.6 Å². The highest BCUT2D eigenvalue weighted by Crippen LogP contribution is 2.21. The molecule has 0 atom stereocenters. The van der Waals surface area contributed by atoms with E-state index in [-0.39, 0.29) is 0 Å². The SMILES string of the molecule is COCc1nc(Cl)cc(N2CCc3ccccc3CC2)n1. The van der Waals surface area contributed by atoms with Gasteiger partial charge in [-0.15, -0.1) is 0 Å². The summed E-state index contributed by atoms with van der Waals surface area (Å²) in [5.41, 5.74) is 2.86. The van der Waals surface area contributed by atoms with E-state index >= 15 is 0 Å². The van der Waals surface area contributed by atoms with Gasteiger partial charge in [0.1, 0.15) is 17.6 Å². The van der Waals surface area contributed by atoms with Gasteiger partial charge in [0.05, 0.1) is 0 Å². The minimum Gasteiger partial charge on any atom is -0.377 e. The first-order chi connectivity index (χ1) is 10.3. The summed E-state index contributed by atoms with van der Waals surface area (Å²) >= 11 is 6.10. The number of fused-ring (bicyclic) bond motifs is 1. The average molecular weight is 304 g/mol. The van der Waals surface area contributed by atoms with Gasteiger partial charge in [0.25, 0.3) is 0 Å². The number of anilines is 1. The summed E-state index contributed by atoms with van der Waals surface area (Å²) < 4.78 is 5.10. The molecule has 0 amide bonds. The molecule has 2 heterocycles. The van der Waals surface area contributed by atoms with Crippen LogP contribution < -0.4 is 4.90 Å². The van der Waals surface area contributed by atoms with Crippen LogP contribution in [0.1, 0.15) is 17.0 Å². The van der Waals surface area contributed by atoms with Crippen LogP contribution in [0.15, 0.2) is 30.3 Å². The van der Waals surface area contributed by atoms with Crippen molar-refractivity contribution in [3.05, 3.63) is 52.4 Å². The van der Waals surface area contributed by atoms with Gasteiger partial charge in [-0.3, -0.25) is 0 Å². The Kier molecular flexibility index (Phi) is 4.36. The third kappa shape index (κ3) is 3.34. The lowest BCUT2D eigenvalue weighted by atomic mass is 10.0. The Morgan fingerprint density at radius 2 is 1.81 bits per heavy atom. The summed E-state index contributed by atoms with van der Waals surface area (Å²) in [7, 11) is 1.63. The summed E-state index contributed by atoms with van der Waals surface area (Å²) in [4.78, 5) is 11.0. The Hall–Kier alpha value is -1.65. The van der Waals surface area contributed by atoms with Gasteiger partial charge < -0.3 is 9.64 Å². The van der Waals surface area contributed by atoms with E-state index in [1.807, 2.05) is 6.07 Å². The molecule has 110 valence electrons. The summed E-state index contributed by atoms with van der Waals surface area (Å²) in [5.74, 6) is 1.51. The van der Waals surface area contributed by atoms with E-state index in [0.717, 1.165) is 31.7 Å². The number of hydrogen-bond donors (Lipinski definition) is 0. The maximum absolute atomic E-state index is 6.10. The minimum atomic E-state index is 0.377. The van der Waals surface area contributed by atoms with E-state index < -0.39 is 0 Å². The van der Waals surface area contributed by atoms with E-state index in [1.54, 1.807) is 7.11 Å². The standard InChI is InChI=1S/C16H18ClN3O/c1-21-11-15-18-14(17)10-16(19-15)20-8-6-12-4-2-3-5-13(12)7-9-20/h2-5,10H,6-9,11H2,1H3. The predicted molar refractivity (Wildman–Crippen MR) is 83.8 cm³/mol. The summed E-state index contributed by atoms with van der Waals surface area (Å²) in [6.45, 7) is 2.26. The number of rotatable bonds is 3. The van der Waals surface area contributed by atoms with Crippen molar-refractivity contribution in [2.45, 2.75) is 19.4 Å². The lowest BCUT2D eigenvalue weighted by molar-refractivity contribution is 0.178. The molecule has 1 aliphatic heterocycles. The van der Waals surface area contributed by atoms with Crippen LogP contribution in [0.4, 0.5) is 5.82 Å². The number of aromatic nitrogens is 2. The highest BCUT2D eigenvalue weighted by atomic mass is 35.5. The molecule has 0 bridgehead atoms. The number of nitrogens with zero attached hydrogens (tertiary/aromatic N) is 3. The molecule has 0 N–H and O–H groups in total. The van der Waals surface area contributed by atoms with E-state index in [0.29, 0.717) is 17.6 Å². The fourth-order valence-electron chi connectivity index (χ4n) is 2.70. The van der Waals surface area contributed by atoms with Crippen LogP contribution in [-0.2, 0) is 24.2 Å². The van der Waals surface area contributed by atoms with Crippen molar-refractivity contribution in [3.63, 3.8) is 0 Å². The second-order valence-electron chi connectivity index (χ2n) is 5.15. The molecule has 1 aliphatic rings. The highest BCUT2D eigenvalue weighted by Gasteiger charge is 2.16. The lowest BCUT2D eigenvalue weighted by Crippen LogP contribution is -2.27. The van der Waals surface area contributed by atoms with Crippen LogP contribution in [0, 0.1) is 0 Å². The predicted octanol–water partition coefficient (Wildman–Crippen LogP) is 2.88. The molecule has 1 aromatic heterocycles. The van der Waals surface area contributed by atoms with Crippen molar-refractivity contribution >= 4 is 17.4 Å². The van der Waals surface area contributed by atoms with Crippen LogP contribution in [0.2, 0.25) is 5.15 Å². The third-order valence-corrected chi connectivity index (χ3v) is 3.94. The molecule has 0 saturated carbocycles. The molecule has 0 spiro atoms. The third-order valence-electron chi connectivity index (χ3n) is 3.75. The van der Waals surface area contributed by atoms with Gasteiger partial charge in [-0.05, 0) is 24.0 Å². The monoisotopic (exact) mass is 303 g/mol. The second-order valence-corrected chi connectivity index (χ2v) is 5.54. The lowest BCUT2D eigenvalue weighted by Gasteiger charge is -2.21. The smallest absolute Gasteiger partial charge is 0.158 e. The zero-order valence-electron chi connectivity index (χ0n) is 12.1. The Morgan fingerprint density at radius 1 is 1.14 bits per heavy atom. The van der Waals surface area contributed by atoms with Gasteiger partial charge in [-0.1, -0.05) is 35.9 Å². The Balaban J connectivity index is 1.82. The van der Waals surface area contributed by atoms with Crippen molar-refractivity contribution in [1.82, 2.24) is 9.97 Å². The number of benzene rings is 1. The molecule has 21 heavy (non-hydrogen) atoms. The van der Waals surface area contributed by atoms with E-state index in [2.05, 4.69) is 39.1 Å². The van der Waals surface area contributed by atoms with Crippen molar-refractivity contribution in [2.24, 2.45) is 0 Å². The van der Waals surface area contributed by atoms with Gasteiger partial charge in [-0.25, -0.2) is 9.97 Å². The first-order valence-corrected chi connectivity index (χ1v) is 7.48. The molecule has 0 unspecified atom stereocenters. The Bertz CT molecular complexity index is 606. The number of methoxy groups -OCH3 is 1. The normalized spacial score (nSPS) is 14.7. The van der Waals surface area contributed by atoms with Gasteiger partial charge >= 0.3 is 0 Å². The topological polar surface area (TPSA) is 38.2 Å². The second kappa shape index (κ2) is 6.41. The van der Waals surface area contributed by atoms with E-state index in [1.165, 1.54) is 11.1 Å². The van der Waals surface area contributed by atoms with Crippen molar-refractivity contribution < 1.29 is 4.74 Å². The molecule has 1 aromatic carbocycles. The quantitative estimate of drug-likeness (QED) is 0.817. The largest absolute Gasteiger partial charge is 0.377 e. The molecular weight excluding hydrogens is 286 g/mol. The van der Waals surface area contributed by atoms with Crippen LogP contribution in [-0.4, -0.2) is 30.2 Å². The minimum absolute atomic E-state index is 0.377. The zero-order chi connectivity index (χ0) is 14.7. The molecule has 2 aromatic rings.